The molecule has 6 nitrogen and oxygen atoms in total. The van der Waals surface area contributed by atoms with Crippen LogP contribution in [-0.2, 0) is 10.0 Å². The van der Waals surface area contributed by atoms with Crippen molar-refractivity contribution in [1.82, 2.24) is 10.0 Å². The molecule has 140 valence electrons. The normalized spacial score (nSPS) is 17.2. The fourth-order valence-corrected chi connectivity index (χ4v) is 4.04. The van der Waals surface area contributed by atoms with Crippen LogP contribution in [0.25, 0.3) is 0 Å². The maximum atomic E-state index is 11.9. The summed E-state index contributed by atoms with van der Waals surface area (Å²) >= 11 is 12.0. The van der Waals surface area contributed by atoms with Crippen molar-refractivity contribution >= 4 is 39.2 Å². The first kappa shape index (κ1) is 20.3. The summed E-state index contributed by atoms with van der Waals surface area (Å²) in [4.78, 5) is 4.08. The van der Waals surface area contributed by atoms with Crippen molar-refractivity contribution in [3.8, 4) is 0 Å². The summed E-state index contributed by atoms with van der Waals surface area (Å²) in [6.07, 6.45) is 3.39. The third-order valence-electron chi connectivity index (χ3n) is 4.25. The smallest absolute Gasteiger partial charge is 0.213 e. The van der Waals surface area contributed by atoms with Crippen LogP contribution in [0.1, 0.15) is 37.8 Å². The Morgan fingerprint density at radius 3 is 2.72 bits per heavy atom. The van der Waals surface area contributed by atoms with Crippen LogP contribution in [0.3, 0.4) is 0 Å². The van der Waals surface area contributed by atoms with Crippen LogP contribution in [0.15, 0.2) is 23.2 Å². The first-order chi connectivity index (χ1) is 11.8. The van der Waals surface area contributed by atoms with Gasteiger partial charge in [0.25, 0.3) is 0 Å². The van der Waals surface area contributed by atoms with Crippen molar-refractivity contribution < 1.29 is 8.42 Å². The van der Waals surface area contributed by atoms with Crippen molar-refractivity contribution in [2.24, 2.45) is 16.6 Å². The largest absolute Gasteiger partial charge is 0.370 e. The Labute approximate surface area is 159 Å². The molecule has 1 saturated carbocycles. The minimum Gasteiger partial charge on any atom is -0.370 e. The van der Waals surface area contributed by atoms with Crippen molar-refractivity contribution in [2.75, 3.05) is 18.8 Å². The van der Waals surface area contributed by atoms with E-state index in [4.69, 9.17) is 28.9 Å². The third kappa shape index (κ3) is 6.66. The van der Waals surface area contributed by atoms with Gasteiger partial charge in [0.05, 0.1) is 18.3 Å². The molecule has 2 rings (SSSR count). The van der Waals surface area contributed by atoms with Gasteiger partial charge in [0.2, 0.25) is 10.0 Å². The summed E-state index contributed by atoms with van der Waals surface area (Å²) in [5.74, 6) is 0.570. The predicted molar refractivity (Wildman–Crippen MR) is 104 cm³/mol. The third-order valence-corrected chi connectivity index (χ3v) is 6.14. The lowest BCUT2D eigenvalue weighted by molar-refractivity contribution is 0.316. The molecule has 1 aromatic carbocycles. The summed E-state index contributed by atoms with van der Waals surface area (Å²) in [5.41, 5.74) is 6.66. The Bertz CT molecular complexity index is 721. The van der Waals surface area contributed by atoms with Crippen molar-refractivity contribution in [3.63, 3.8) is 0 Å². The van der Waals surface area contributed by atoms with E-state index in [-0.39, 0.29) is 24.3 Å². The first-order valence-electron chi connectivity index (χ1n) is 8.25. The second-order valence-electron chi connectivity index (χ2n) is 6.26. The van der Waals surface area contributed by atoms with Gasteiger partial charge in [-0.05, 0) is 43.4 Å². The van der Waals surface area contributed by atoms with Gasteiger partial charge in [-0.25, -0.2) is 13.1 Å². The number of benzene rings is 1. The number of hydrogen-bond acceptors (Lipinski definition) is 3. The maximum Gasteiger partial charge on any atom is 0.213 e. The summed E-state index contributed by atoms with van der Waals surface area (Å²) in [6.45, 7) is 2.50. The maximum absolute atomic E-state index is 11.9. The Morgan fingerprint density at radius 1 is 1.40 bits per heavy atom. The molecule has 1 aromatic rings. The number of halogens is 2. The first-order valence-corrected chi connectivity index (χ1v) is 10.7. The number of guanidine groups is 1. The zero-order chi connectivity index (χ0) is 18.4. The molecule has 1 atom stereocenters. The highest BCUT2D eigenvalue weighted by Crippen LogP contribution is 2.26. The van der Waals surface area contributed by atoms with Gasteiger partial charge in [0, 0.05) is 16.6 Å². The molecule has 0 aliphatic heterocycles. The van der Waals surface area contributed by atoms with E-state index >= 15 is 0 Å². The molecule has 1 unspecified atom stereocenters. The van der Waals surface area contributed by atoms with E-state index in [0.717, 1.165) is 18.4 Å². The van der Waals surface area contributed by atoms with E-state index < -0.39 is 10.0 Å². The Hall–Kier alpha value is -1.02. The van der Waals surface area contributed by atoms with Crippen LogP contribution in [0, 0.1) is 5.92 Å². The molecule has 1 aliphatic carbocycles. The van der Waals surface area contributed by atoms with Crippen LogP contribution in [-0.4, -0.2) is 33.2 Å². The van der Waals surface area contributed by atoms with E-state index in [2.05, 4.69) is 15.0 Å². The van der Waals surface area contributed by atoms with E-state index in [0.29, 0.717) is 22.5 Å². The van der Waals surface area contributed by atoms with Crippen molar-refractivity contribution in [2.45, 2.75) is 32.2 Å². The Morgan fingerprint density at radius 2 is 2.12 bits per heavy atom. The zero-order valence-corrected chi connectivity index (χ0v) is 16.5. The second kappa shape index (κ2) is 9.07. The van der Waals surface area contributed by atoms with Gasteiger partial charge < -0.3 is 11.1 Å². The SMILES string of the molecule is CC(NC(N)=NCCS(=O)(=O)NCC1CCC1)c1ccc(Cl)cc1Cl. The van der Waals surface area contributed by atoms with E-state index in [1.807, 2.05) is 13.0 Å². The molecule has 0 heterocycles. The highest BCUT2D eigenvalue weighted by atomic mass is 35.5. The minimum atomic E-state index is -3.32. The van der Waals surface area contributed by atoms with Gasteiger partial charge in [0.15, 0.2) is 5.96 Å². The van der Waals surface area contributed by atoms with E-state index in [1.165, 1.54) is 6.42 Å². The van der Waals surface area contributed by atoms with Gasteiger partial charge in [-0.2, -0.15) is 0 Å². The highest BCUT2D eigenvalue weighted by Gasteiger charge is 2.20. The standard InChI is InChI=1S/C16H24Cl2N4O2S/c1-11(14-6-5-13(17)9-15(14)18)22-16(19)20-7-8-25(23,24)21-10-12-3-2-4-12/h5-6,9,11-12,21H,2-4,7-8,10H2,1H3,(H3,19,20,22). The van der Waals surface area contributed by atoms with Crippen molar-refractivity contribution in [3.05, 3.63) is 33.8 Å². The second-order valence-corrected chi connectivity index (χ2v) is 9.03. The number of nitrogens with two attached hydrogens (primary N) is 1. The molecule has 9 heteroatoms. The molecule has 0 spiro atoms. The fourth-order valence-electron chi connectivity index (χ4n) is 2.50. The minimum absolute atomic E-state index is 0.0851. The average molecular weight is 407 g/mol. The van der Waals surface area contributed by atoms with E-state index in [1.54, 1.807) is 12.1 Å². The number of rotatable bonds is 8. The fraction of sp³-hybridized carbons (Fsp3) is 0.562. The number of nitrogens with one attached hydrogen (secondary N) is 2. The molecular weight excluding hydrogens is 383 g/mol. The summed E-state index contributed by atoms with van der Waals surface area (Å²) in [6, 6.07) is 5.03. The number of sulfonamides is 1. The lowest BCUT2D eigenvalue weighted by atomic mass is 9.86. The van der Waals surface area contributed by atoms with E-state index in [9.17, 15) is 8.42 Å². The number of hydrogen-bond donors (Lipinski definition) is 3. The molecule has 0 radical (unpaired) electrons. The molecular formula is C16H24Cl2N4O2S. The highest BCUT2D eigenvalue weighted by molar-refractivity contribution is 7.89. The molecule has 0 aromatic heterocycles. The molecule has 1 fully saturated rings. The summed E-state index contributed by atoms with van der Waals surface area (Å²) in [7, 11) is -3.32. The van der Waals surface area contributed by atoms with Crippen LogP contribution in [0.5, 0.6) is 0 Å². The molecule has 25 heavy (non-hydrogen) atoms. The lowest BCUT2D eigenvalue weighted by Gasteiger charge is -2.25. The molecule has 4 N–H and O–H groups in total. The summed E-state index contributed by atoms with van der Waals surface area (Å²) < 4.78 is 26.4. The number of nitrogens with zero attached hydrogens (tertiary/aromatic N) is 1. The predicted octanol–water partition coefficient (Wildman–Crippen LogP) is 2.68. The van der Waals surface area contributed by atoms with Crippen LogP contribution < -0.4 is 15.8 Å². The topological polar surface area (TPSA) is 96.6 Å². The molecule has 0 amide bonds. The van der Waals surface area contributed by atoms with Crippen LogP contribution in [0.2, 0.25) is 10.0 Å². The van der Waals surface area contributed by atoms with Gasteiger partial charge in [-0.3, -0.25) is 4.99 Å². The zero-order valence-electron chi connectivity index (χ0n) is 14.1. The lowest BCUT2D eigenvalue weighted by Crippen LogP contribution is -2.36. The molecule has 0 saturated heterocycles. The van der Waals surface area contributed by atoms with Crippen molar-refractivity contribution in [1.29, 1.82) is 0 Å². The van der Waals surface area contributed by atoms with Crippen LogP contribution in [0.4, 0.5) is 0 Å². The van der Waals surface area contributed by atoms with Gasteiger partial charge >= 0.3 is 0 Å². The van der Waals surface area contributed by atoms with Crippen LogP contribution >= 0.6 is 23.2 Å². The Kier molecular flexibility index (Phi) is 7.37. The molecule has 0 bridgehead atoms. The summed E-state index contributed by atoms with van der Waals surface area (Å²) in [5, 5.41) is 4.08. The Balaban J connectivity index is 1.80. The quantitative estimate of drug-likeness (QED) is 0.456. The number of aliphatic imine (C=N–C) groups is 1. The van der Waals surface area contributed by atoms with Gasteiger partial charge in [-0.15, -0.1) is 0 Å². The monoisotopic (exact) mass is 406 g/mol. The van der Waals surface area contributed by atoms with Gasteiger partial charge in [-0.1, -0.05) is 35.7 Å². The van der Waals surface area contributed by atoms with Gasteiger partial charge in [0.1, 0.15) is 0 Å². The molecule has 1 aliphatic rings. The average Bonchev–Trinajstić information content (AvgIpc) is 2.44.